The number of nitrogens with one attached hydrogen (secondary N) is 2. The number of hydrogen-bond donors (Lipinski definition) is 2. The fourth-order valence-electron chi connectivity index (χ4n) is 4.21. The zero-order valence-corrected chi connectivity index (χ0v) is 22.1. The monoisotopic (exact) mass is 500 g/mol. The molecule has 4 aromatic rings. The molecule has 8 heteroatoms. The highest BCUT2D eigenvalue weighted by molar-refractivity contribution is 5.94. The minimum atomic E-state index is -0.0314. The van der Waals surface area contributed by atoms with Crippen molar-refractivity contribution >= 4 is 23.2 Å². The second-order valence-electron chi connectivity index (χ2n) is 9.31. The number of pyridine rings is 1. The van der Waals surface area contributed by atoms with Crippen LogP contribution in [0.2, 0.25) is 0 Å². The molecule has 0 radical (unpaired) electrons. The molecule has 5 rings (SSSR count). The Morgan fingerprint density at radius 3 is 2.35 bits per heavy atom. The Hall–Kier alpha value is -3.91. The van der Waals surface area contributed by atoms with Crippen molar-refractivity contribution in [2.24, 2.45) is 0 Å². The van der Waals surface area contributed by atoms with Crippen LogP contribution in [0, 0.1) is 0 Å². The molecule has 1 aliphatic rings. The number of fused-ring (bicyclic) bond motifs is 1. The normalized spacial score (nSPS) is 14.1. The first-order valence-corrected chi connectivity index (χ1v) is 12.9. The lowest BCUT2D eigenvalue weighted by Crippen LogP contribution is -2.43. The highest BCUT2D eigenvalue weighted by Crippen LogP contribution is 2.26. The van der Waals surface area contributed by atoms with Crippen LogP contribution in [0.5, 0.6) is 5.75 Å². The van der Waals surface area contributed by atoms with E-state index in [-0.39, 0.29) is 11.9 Å². The van der Waals surface area contributed by atoms with E-state index < -0.39 is 0 Å². The third-order valence-electron chi connectivity index (χ3n) is 6.22. The first kappa shape index (κ1) is 26.2. The van der Waals surface area contributed by atoms with Crippen LogP contribution in [0.3, 0.4) is 0 Å². The van der Waals surface area contributed by atoms with Gasteiger partial charge in [-0.25, -0.2) is 4.52 Å². The summed E-state index contributed by atoms with van der Waals surface area (Å²) >= 11 is 0. The lowest BCUT2D eigenvalue weighted by Gasteiger charge is -2.29. The van der Waals surface area contributed by atoms with Crippen molar-refractivity contribution in [2.45, 2.75) is 39.2 Å². The van der Waals surface area contributed by atoms with Gasteiger partial charge in [0.25, 0.3) is 5.91 Å². The Morgan fingerprint density at radius 2 is 1.70 bits per heavy atom. The SMILES string of the molecule is CCC.COc1ccc(-c2cccn3nc(Nc4ccc(C(=O)NC5CCN(C)CC5)cc4)nc23)cc1. The van der Waals surface area contributed by atoms with E-state index in [1.807, 2.05) is 66.9 Å². The van der Waals surface area contributed by atoms with E-state index in [4.69, 9.17) is 9.72 Å². The van der Waals surface area contributed by atoms with Crippen molar-refractivity contribution in [3.63, 3.8) is 0 Å². The Kier molecular flexibility index (Phi) is 8.74. The molecule has 37 heavy (non-hydrogen) atoms. The van der Waals surface area contributed by atoms with Crippen LogP contribution >= 0.6 is 0 Å². The molecule has 1 amide bonds. The van der Waals surface area contributed by atoms with E-state index >= 15 is 0 Å². The summed E-state index contributed by atoms with van der Waals surface area (Å²) in [6.07, 6.45) is 5.09. The number of aromatic nitrogens is 3. The molecular weight excluding hydrogens is 464 g/mol. The molecule has 2 N–H and O–H groups in total. The largest absolute Gasteiger partial charge is 0.497 e. The molecule has 1 fully saturated rings. The van der Waals surface area contributed by atoms with Gasteiger partial charge in [0.1, 0.15) is 5.75 Å². The number of carbonyl (C=O) groups excluding carboxylic acids is 1. The quantitative estimate of drug-likeness (QED) is 0.369. The van der Waals surface area contributed by atoms with Crippen LogP contribution in [0.15, 0.2) is 66.9 Å². The summed E-state index contributed by atoms with van der Waals surface area (Å²) in [6.45, 7) is 6.28. The number of ether oxygens (including phenoxy) is 1. The fourth-order valence-corrected chi connectivity index (χ4v) is 4.21. The lowest BCUT2D eigenvalue weighted by molar-refractivity contribution is 0.0917. The zero-order chi connectivity index (χ0) is 26.2. The number of carbonyl (C=O) groups is 1. The maximum absolute atomic E-state index is 12.6. The number of methoxy groups -OCH3 is 1. The van der Waals surface area contributed by atoms with Gasteiger partial charge >= 0.3 is 0 Å². The molecule has 0 unspecified atom stereocenters. The molecule has 0 atom stereocenters. The molecule has 0 spiro atoms. The number of hydrogen-bond acceptors (Lipinski definition) is 6. The first-order chi connectivity index (χ1) is 18.0. The van der Waals surface area contributed by atoms with E-state index in [9.17, 15) is 4.79 Å². The van der Waals surface area contributed by atoms with Crippen molar-refractivity contribution in [3.8, 4) is 16.9 Å². The van der Waals surface area contributed by atoms with Crippen molar-refractivity contribution in [3.05, 3.63) is 72.4 Å². The summed E-state index contributed by atoms with van der Waals surface area (Å²) in [7, 11) is 3.77. The minimum absolute atomic E-state index is 0.0314. The van der Waals surface area contributed by atoms with Crippen molar-refractivity contribution in [2.75, 3.05) is 32.6 Å². The topological polar surface area (TPSA) is 83.8 Å². The van der Waals surface area contributed by atoms with Gasteiger partial charge in [0.2, 0.25) is 5.95 Å². The second kappa shape index (κ2) is 12.4. The van der Waals surface area contributed by atoms with Crippen LogP contribution in [-0.2, 0) is 0 Å². The molecule has 1 aliphatic heterocycles. The molecule has 2 aromatic heterocycles. The van der Waals surface area contributed by atoms with Crippen molar-refractivity contribution in [1.29, 1.82) is 0 Å². The molecular formula is C29H36N6O2. The lowest BCUT2D eigenvalue weighted by atomic mass is 10.0. The molecule has 3 heterocycles. The van der Waals surface area contributed by atoms with Crippen LogP contribution in [0.1, 0.15) is 43.5 Å². The number of likely N-dealkylation sites (tertiary alicyclic amines) is 1. The van der Waals surface area contributed by atoms with Gasteiger partial charge in [-0.05, 0) is 87.1 Å². The number of amides is 1. The predicted octanol–water partition coefficient (Wildman–Crippen LogP) is 5.39. The molecule has 8 nitrogen and oxygen atoms in total. The van der Waals surface area contributed by atoms with E-state index in [1.54, 1.807) is 11.6 Å². The summed E-state index contributed by atoms with van der Waals surface area (Å²) in [5.41, 5.74) is 4.23. The van der Waals surface area contributed by atoms with E-state index in [0.717, 1.165) is 54.1 Å². The number of rotatable bonds is 6. The first-order valence-electron chi connectivity index (χ1n) is 12.9. The van der Waals surface area contributed by atoms with Gasteiger partial charge in [0, 0.05) is 29.1 Å². The summed E-state index contributed by atoms with van der Waals surface area (Å²) in [5.74, 6) is 1.27. The van der Waals surface area contributed by atoms with Gasteiger partial charge in [-0.1, -0.05) is 32.4 Å². The Bertz CT molecular complexity index is 1290. The number of anilines is 2. The van der Waals surface area contributed by atoms with Crippen LogP contribution in [0.4, 0.5) is 11.6 Å². The molecule has 0 aliphatic carbocycles. The highest BCUT2D eigenvalue weighted by atomic mass is 16.5. The fraction of sp³-hybridized carbons (Fsp3) is 0.345. The maximum Gasteiger partial charge on any atom is 0.251 e. The standard InChI is InChI=1S/C26H28N6O2.C3H8/c1-31-16-13-21(14-17-31)27-25(33)19-5-9-20(10-6-19)28-26-29-24-23(4-3-15-32(24)30-26)18-7-11-22(34-2)12-8-18;1-3-2/h3-12,15,21H,13-14,16-17H2,1-2H3,(H,27,33)(H,28,30);3H2,1-2H3. The van der Waals surface area contributed by atoms with Crippen LogP contribution in [0.25, 0.3) is 16.8 Å². The third-order valence-corrected chi connectivity index (χ3v) is 6.22. The van der Waals surface area contributed by atoms with Crippen LogP contribution < -0.4 is 15.4 Å². The van der Waals surface area contributed by atoms with Gasteiger partial charge in [-0.3, -0.25) is 4.79 Å². The molecule has 1 saturated heterocycles. The Morgan fingerprint density at radius 1 is 1.03 bits per heavy atom. The highest BCUT2D eigenvalue weighted by Gasteiger charge is 2.19. The van der Waals surface area contributed by atoms with Crippen molar-refractivity contribution < 1.29 is 9.53 Å². The number of piperidine rings is 1. The summed E-state index contributed by atoms with van der Waals surface area (Å²) in [5, 5.41) is 10.9. The van der Waals surface area contributed by atoms with E-state index in [1.165, 1.54) is 6.42 Å². The smallest absolute Gasteiger partial charge is 0.251 e. The molecule has 194 valence electrons. The number of nitrogens with zero attached hydrogens (tertiary/aromatic N) is 4. The Balaban J connectivity index is 0.00000102. The third kappa shape index (κ3) is 6.65. The van der Waals surface area contributed by atoms with Gasteiger partial charge in [0.05, 0.1) is 7.11 Å². The zero-order valence-electron chi connectivity index (χ0n) is 22.1. The minimum Gasteiger partial charge on any atom is -0.497 e. The summed E-state index contributed by atoms with van der Waals surface area (Å²) < 4.78 is 7.01. The van der Waals surface area contributed by atoms with Crippen molar-refractivity contribution in [1.82, 2.24) is 24.8 Å². The Labute approximate surface area is 218 Å². The average molecular weight is 501 g/mol. The molecule has 2 aromatic carbocycles. The van der Waals surface area contributed by atoms with Gasteiger partial charge in [-0.15, -0.1) is 5.10 Å². The van der Waals surface area contributed by atoms with Gasteiger partial charge < -0.3 is 20.3 Å². The predicted molar refractivity (Wildman–Crippen MR) is 149 cm³/mol. The number of benzene rings is 2. The molecule has 0 saturated carbocycles. The van der Waals surface area contributed by atoms with Crippen LogP contribution in [-0.4, -0.2) is 58.7 Å². The van der Waals surface area contributed by atoms with E-state index in [2.05, 4.69) is 41.5 Å². The van der Waals surface area contributed by atoms with Gasteiger partial charge in [0.15, 0.2) is 5.65 Å². The average Bonchev–Trinajstić information content (AvgIpc) is 3.33. The van der Waals surface area contributed by atoms with E-state index in [0.29, 0.717) is 11.5 Å². The maximum atomic E-state index is 12.6. The summed E-state index contributed by atoms with van der Waals surface area (Å²) in [6, 6.07) is 19.5. The second-order valence-corrected chi connectivity index (χ2v) is 9.31. The molecule has 0 bridgehead atoms. The summed E-state index contributed by atoms with van der Waals surface area (Å²) in [4.78, 5) is 19.6. The van der Waals surface area contributed by atoms with Gasteiger partial charge in [-0.2, -0.15) is 4.98 Å².